The molecule has 2 heterocycles. The van der Waals surface area contributed by atoms with Crippen LogP contribution in [0.1, 0.15) is 81.2 Å². The van der Waals surface area contributed by atoms with E-state index in [4.69, 9.17) is 20.9 Å². The molecule has 0 radical (unpaired) electrons. The predicted molar refractivity (Wildman–Crippen MR) is 115 cm³/mol. The standard InChI is InChI=1S/C24H25ClF2N2O5/c1-22(26,27)33-14-4-12(5-14)20-28-21(34-29-20)24-9-23(10-24,11-24)8-17(31)19-7-16(30)15-6-13(25)2-3-18(15)32-19/h2-3,6,12,14,16,19,30H,4-5,7-11H2,1H3/t12?,14?,16-,19+,23?,24?/m1/s1. The number of aliphatic hydroxyl groups excluding tert-OH is 1. The lowest BCUT2D eigenvalue weighted by Crippen LogP contribution is -2.65. The first kappa shape index (κ1) is 22.4. The van der Waals surface area contributed by atoms with Crippen LogP contribution in [0.3, 0.4) is 0 Å². The van der Waals surface area contributed by atoms with E-state index >= 15 is 0 Å². The Hall–Kier alpha value is -2.10. The summed E-state index contributed by atoms with van der Waals surface area (Å²) in [4.78, 5) is 17.5. The lowest BCUT2D eigenvalue weighted by molar-refractivity contribution is -0.264. The number of carbonyl (C=O) groups is 1. The summed E-state index contributed by atoms with van der Waals surface area (Å²) < 4.78 is 42.0. The van der Waals surface area contributed by atoms with Gasteiger partial charge < -0.3 is 19.1 Å². The normalized spacial score (nSPS) is 35.9. The summed E-state index contributed by atoms with van der Waals surface area (Å²) in [7, 11) is 0. The van der Waals surface area contributed by atoms with Gasteiger partial charge in [0, 0.05) is 36.3 Å². The number of benzene rings is 1. The fraction of sp³-hybridized carbons (Fsp3) is 0.625. The summed E-state index contributed by atoms with van der Waals surface area (Å²) in [6.07, 6.45) is -1.16. The highest BCUT2D eigenvalue weighted by Crippen LogP contribution is 2.75. The van der Waals surface area contributed by atoms with Crippen molar-refractivity contribution < 1.29 is 32.7 Å². The van der Waals surface area contributed by atoms with Crippen molar-refractivity contribution in [2.24, 2.45) is 5.41 Å². The van der Waals surface area contributed by atoms with E-state index in [-0.39, 0.29) is 29.0 Å². The highest BCUT2D eigenvalue weighted by atomic mass is 35.5. The second kappa shape index (κ2) is 7.45. The molecule has 1 N–H and O–H groups in total. The van der Waals surface area contributed by atoms with Gasteiger partial charge in [0.15, 0.2) is 17.7 Å². The molecule has 0 saturated heterocycles. The van der Waals surface area contributed by atoms with Crippen LogP contribution >= 0.6 is 11.6 Å². The van der Waals surface area contributed by atoms with E-state index in [9.17, 15) is 18.7 Å². The van der Waals surface area contributed by atoms with Gasteiger partial charge in [-0.2, -0.15) is 13.8 Å². The van der Waals surface area contributed by atoms with Crippen LogP contribution in [0, 0.1) is 5.41 Å². The Morgan fingerprint density at radius 2 is 2.03 bits per heavy atom. The fourth-order valence-electron chi connectivity index (χ4n) is 6.29. The highest BCUT2D eigenvalue weighted by Gasteiger charge is 2.71. The monoisotopic (exact) mass is 494 g/mol. The van der Waals surface area contributed by atoms with Crippen molar-refractivity contribution in [2.45, 2.75) is 87.6 Å². The van der Waals surface area contributed by atoms with Crippen molar-refractivity contribution in [3.8, 4) is 5.75 Å². The summed E-state index contributed by atoms with van der Waals surface area (Å²) in [6, 6.07) is 5.04. The number of Topliss-reactive ketones (excluding diaryl/α,β-unsaturated/α-hetero) is 1. The molecule has 10 heteroatoms. The largest absolute Gasteiger partial charge is 0.482 e. The van der Waals surface area contributed by atoms with E-state index in [1.165, 1.54) is 0 Å². The Morgan fingerprint density at radius 3 is 2.74 bits per heavy atom. The molecule has 0 amide bonds. The van der Waals surface area contributed by atoms with Gasteiger partial charge in [0.1, 0.15) is 5.75 Å². The van der Waals surface area contributed by atoms with Crippen LogP contribution in [0.4, 0.5) is 8.78 Å². The van der Waals surface area contributed by atoms with Crippen LogP contribution < -0.4 is 4.74 Å². The van der Waals surface area contributed by atoms with Gasteiger partial charge in [0.2, 0.25) is 5.89 Å². The lowest BCUT2D eigenvalue weighted by Gasteiger charge is -2.68. The third-order valence-corrected chi connectivity index (χ3v) is 8.05. The van der Waals surface area contributed by atoms with E-state index in [0.717, 1.165) is 26.2 Å². The maximum atomic E-state index is 13.0. The Bertz CT molecular complexity index is 1120. The van der Waals surface area contributed by atoms with Crippen molar-refractivity contribution >= 4 is 17.4 Å². The molecule has 4 saturated carbocycles. The molecule has 1 aromatic carbocycles. The minimum absolute atomic E-state index is 0.00703. The van der Waals surface area contributed by atoms with E-state index in [2.05, 4.69) is 14.9 Å². The van der Waals surface area contributed by atoms with Crippen molar-refractivity contribution in [1.29, 1.82) is 0 Å². The van der Waals surface area contributed by atoms with Crippen LogP contribution in [-0.4, -0.2) is 39.3 Å². The summed E-state index contributed by atoms with van der Waals surface area (Å²) in [5.41, 5.74) is 0.348. The van der Waals surface area contributed by atoms with Crippen LogP contribution in [0.15, 0.2) is 22.7 Å². The summed E-state index contributed by atoms with van der Waals surface area (Å²) in [5, 5.41) is 15.1. The number of ether oxygens (including phenoxy) is 2. The van der Waals surface area contributed by atoms with E-state index in [1.807, 2.05) is 0 Å². The third-order valence-electron chi connectivity index (χ3n) is 7.81. The zero-order valence-electron chi connectivity index (χ0n) is 18.6. The minimum Gasteiger partial charge on any atom is -0.482 e. The number of fused-ring (bicyclic) bond motifs is 1. The molecule has 7 nitrogen and oxygen atoms in total. The van der Waals surface area contributed by atoms with Crippen molar-refractivity contribution in [1.82, 2.24) is 10.1 Å². The minimum atomic E-state index is -3.13. The molecule has 182 valence electrons. The predicted octanol–water partition coefficient (Wildman–Crippen LogP) is 4.86. The molecule has 5 aliphatic rings. The second-order valence-electron chi connectivity index (χ2n) is 10.7. The number of ketones is 1. The van der Waals surface area contributed by atoms with E-state index in [0.29, 0.717) is 47.3 Å². The summed E-state index contributed by atoms with van der Waals surface area (Å²) in [5.74, 6) is 1.60. The Morgan fingerprint density at radius 1 is 1.29 bits per heavy atom. The van der Waals surface area contributed by atoms with Gasteiger partial charge in [-0.1, -0.05) is 16.8 Å². The first-order valence-corrected chi connectivity index (χ1v) is 12.0. The maximum Gasteiger partial charge on any atom is 0.353 e. The van der Waals surface area contributed by atoms with Crippen LogP contribution in [0.25, 0.3) is 0 Å². The van der Waals surface area contributed by atoms with Gasteiger partial charge >= 0.3 is 6.11 Å². The number of hydrogen-bond donors (Lipinski definition) is 1. The fourth-order valence-corrected chi connectivity index (χ4v) is 6.47. The molecule has 4 aliphatic carbocycles. The molecule has 2 atom stereocenters. The molecule has 0 spiro atoms. The zero-order chi connectivity index (χ0) is 23.9. The zero-order valence-corrected chi connectivity index (χ0v) is 19.4. The van der Waals surface area contributed by atoms with Crippen LogP contribution in [-0.2, 0) is 14.9 Å². The molecule has 34 heavy (non-hydrogen) atoms. The molecule has 1 aromatic heterocycles. The number of carbonyl (C=O) groups excluding carboxylic acids is 1. The molecule has 7 rings (SSSR count). The SMILES string of the molecule is CC(F)(F)OC1CC(c2noc(C34CC(CC(=O)[C@@H]5C[C@@H](O)c6cc(Cl)ccc6O5)(C3)C4)n2)C1. The smallest absolute Gasteiger partial charge is 0.353 e. The summed E-state index contributed by atoms with van der Waals surface area (Å²) in [6.45, 7) is 0.744. The van der Waals surface area contributed by atoms with Crippen molar-refractivity contribution in [3.05, 3.63) is 40.5 Å². The number of hydrogen-bond acceptors (Lipinski definition) is 7. The number of aromatic nitrogens is 2. The number of alkyl halides is 2. The van der Waals surface area contributed by atoms with Gasteiger partial charge in [0.25, 0.3) is 0 Å². The maximum absolute atomic E-state index is 13.0. The number of aliphatic hydroxyl groups is 1. The summed E-state index contributed by atoms with van der Waals surface area (Å²) >= 11 is 6.00. The van der Waals surface area contributed by atoms with Crippen molar-refractivity contribution in [3.63, 3.8) is 0 Å². The van der Waals surface area contributed by atoms with Gasteiger partial charge in [-0.05, 0) is 55.7 Å². The molecular weight excluding hydrogens is 470 g/mol. The molecule has 4 fully saturated rings. The Labute approximate surface area is 199 Å². The van der Waals surface area contributed by atoms with Crippen LogP contribution in [0.5, 0.6) is 5.75 Å². The lowest BCUT2D eigenvalue weighted by atomic mass is 9.34. The third kappa shape index (κ3) is 3.72. The van der Waals surface area contributed by atoms with Crippen molar-refractivity contribution in [2.75, 3.05) is 0 Å². The Balaban J connectivity index is 1.03. The molecule has 2 bridgehead atoms. The van der Waals surface area contributed by atoms with Gasteiger partial charge in [-0.25, -0.2) is 0 Å². The topological polar surface area (TPSA) is 94.7 Å². The number of nitrogens with zero attached hydrogens (tertiary/aromatic N) is 2. The number of halogens is 3. The average Bonchev–Trinajstić information content (AvgIpc) is 3.14. The molecule has 2 aromatic rings. The quantitative estimate of drug-likeness (QED) is 0.587. The van der Waals surface area contributed by atoms with Crippen LogP contribution in [0.2, 0.25) is 5.02 Å². The van der Waals surface area contributed by atoms with E-state index in [1.54, 1.807) is 18.2 Å². The first-order valence-electron chi connectivity index (χ1n) is 11.6. The highest BCUT2D eigenvalue weighted by molar-refractivity contribution is 6.30. The average molecular weight is 495 g/mol. The van der Waals surface area contributed by atoms with Gasteiger partial charge in [0.05, 0.1) is 17.6 Å². The Kier molecular flexibility index (Phi) is 4.90. The van der Waals surface area contributed by atoms with E-state index < -0.39 is 24.4 Å². The first-order chi connectivity index (χ1) is 16.0. The van der Waals surface area contributed by atoms with Gasteiger partial charge in [-0.15, -0.1) is 0 Å². The molecule has 1 aliphatic heterocycles. The molecular formula is C24H25ClF2N2O5. The van der Waals surface area contributed by atoms with Gasteiger partial charge in [-0.3, -0.25) is 4.79 Å². The molecule has 0 unspecified atom stereocenters. The second-order valence-corrected chi connectivity index (χ2v) is 11.1. The number of rotatable bonds is 7.